The van der Waals surface area contributed by atoms with Gasteiger partial charge in [0.2, 0.25) is 10.0 Å². The molecule has 1 aromatic rings. The molecule has 0 spiro atoms. The van der Waals surface area contributed by atoms with E-state index in [0.29, 0.717) is 28.9 Å². The maximum Gasteiger partial charge on any atom is 0.229 e. The zero-order valence-electron chi connectivity index (χ0n) is 12.1. The van der Waals surface area contributed by atoms with Gasteiger partial charge in [-0.15, -0.1) is 0 Å². The Morgan fingerprint density at radius 3 is 2.50 bits per heavy atom. The number of hydrogen-bond acceptors (Lipinski definition) is 4. The number of nitrogens with one attached hydrogen (secondary N) is 2. The van der Waals surface area contributed by atoms with Gasteiger partial charge in [0.25, 0.3) is 0 Å². The summed E-state index contributed by atoms with van der Waals surface area (Å²) in [6.45, 7) is 4.68. The Balaban J connectivity index is 2.96. The van der Waals surface area contributed by atoms with E-state index in [-0.39, 0.29) is 6.04 Å². The van der Waals surface area contributed by atoms with Crippen LogP contribution in [0, 0.1) is 5.92 Å². The van der Waals surface area contributed by atoms with Crippen molar-refractivity contribution < 1.29 is 13.2 Å². The molecule has 20 heavy (non-hydrogen) atoms. The van der Waals surface area contributed by atoms with Gasteiger partial charge in [0.1, 0.15) is 0 Å². The zero-order chi connectivity index (χ0) is 15.3. The predicted octanol–water partition coefficient (Wildman–Crippen LogP) is 2.79. The van der Waals surface area contributed by atoms with Crippen molar-refractivity contribution in [1.29, 1.82) is 0 Å². The first-order chi connectivity index (χ1) is 9.23. The molecule has 5 nitrogen and oxygen atoms in total. The van der Waals surface area contributed by atoms with Gasteiger partial charge in [0.05, 0.1) is 35.3 Å². The van der Waals surface area contributed by atoms with Crippen LogP contribution in [0.5, 0.6) is 0 Å². The highest BCUT2D eigenvalue weighted by molar-refractivity contribution is 7.92. The van der Waals surface area contributed by atoms with Crippen molar-refractivity contribution in [3.63, 3.8) is 0 Å². The van der Waals surface area contributed by atoms with Crippen LogP contribution in [0.1, 0.15) is 13.8 Å². The minimum atomic E-state index is -3.31. The summed E-state index contributed by atoms with van der Waals surface area (Å²) in [5.41, 5.74) is 1.15. The lowest BCUT2D eigenvalue weighted by Crippen LogP contribution is -2.30. The van der Waals surface area contributed by atoms with Gasteiger partial charge in [-0.1, -0.05) is 25.4 Å². The summed E-state index contributed by atoms with van der Waals surface area (Å²) in [7, 11) is -1.67. The molecule has 0 heterocycles. The molecule has 0 bridgehead atoms. The molecular weight excluding hydrogens is 300 g/mol. The second kappa shape index (κ2) is 7.15. The summed E-state index contributed by atoms with van der Waals surface area (Å²) in [6, 6.07) is 5.04. The Morgan fingerprint density at radius 1 is 1.35 bits per heavy atom. The van der Waals surface area contributed by atoms with Gasteiger partial charge in [-0.3, -0.25) is 4.72 Å². The standard InChI is InChI=1S/C13H21ClN2O3S/c1-9(2)13(8-19-3)15-12-7-10(5-6-11(12)14)16-20(4,17)18/h5-7,9,13,15-16H,8H2,1-4H3. The van der Waals surface area contributed by atoms with Gasteiger partial charge < -0.3 is 10.1 Å². The van der Waals surface area contributed by atoms with Crippen molar-refractivity contribution >= 4 is 33.0 Å². The summed E-state index contributed by atoms with van der Waals surface area (Å²) in [5.74, 6) is 0.345. The number of sulfonamides is 1. The molecule has 114 valence electrons. The van der Waals surface area contributed by atoms with E-state index in [2.05, 4.69) is 23.9 Å². The first-order valence-corrected chi connectivity index (χ1v) is 8.52. The molecule has 0 fully saturated rings. The van der Waals surface area contributed by atoms with Crippen LogP contribution in [0.3, 0.4) is 0 Å². The molecule has 1 aromatic carbocycles. The van der Waals surface area contributed by atoms with E-state index in [1.807, 2.05) is 0 Å². The minimum absolute atomic E-state index is 0.0889. The maximum absolute atomic E-state index is 11.2. The van der Waals surface area contributed by atoms with Crippen molar-refractivity contribution in [1.82, 2.24) is 0 Å². The molecule has 1 unspecified atom stereocenters. The molecular formula is C13H21ClN2O3S. The van der Waals surface area contributed by atoms with Crippen molar-refractivity contribution in [3.05, 3.63) is 23.2 Å². The predicted molar refractivity (Wildman–Crippen MR) is 84.0 cm³/mol. The molecule has 0 radical (unpaired) electrons. The van der Waals surface area contributed by atoms with Crippen LogP contribution in [0.2, 0.25) is 5.02 Å². The van der Waals surface area contributed by atoms with E-state index in [0.717, 1.165) is 6.26 Å². The van der Waals surface area contributed by atoms with E-state index in [1.165, 1.54) is 0 Å². The van der Waals surface area contributed by atoms with Crippen LogP contribution < -0.4 is 10.0 Å². The fraction of sp³-hybridized carbons (Fsp3) is 0.538. The van der Waals surface area contributed by atoms with Gasteiger partial charge in [0, 0.05) is 7.11 Å². The molecule has 0 saturated heterocycles. The van der Waals surface area contributed by atoms with Gasteiger partial charge in [-0.2, -0.15) is 0 Å². The highest BCUT2D eigenvalue weighted by Crippen LogP contribution is 2.27. The van der Waals surface area contributed by atoms with Crippen LogP contribution in [0.15, 0.2) is 18.2 Å². The molecule has 2 N–H and O–H groups in total. The normalized spacial score (nSPS) is 13.3. The Kier molecular flexibility index (Phi) is 6.10. The molecule has 0 amide bonds. The van der Waals surface area contributed by atoms with Gasteiger partial charge in [-0.05, 0) is 24.1 Å². The van der Waals surface area contributed by atoms with Crippen LogP contribution in [-0.4, -0.2) is 34.4 Å². The molecule has 0 saturated carbocycles. The Labute approximate surface area is 125 Å². The molecule has 0 aliphatic heterocycles. The summed E-state index contributed by atoms with van der Waals surface area (Å²) in [6.07, 6.45) is 1.11. The van der Waals surface area contributed by atoms with Gasteiger partial charge in [-0.25, -0.2) is 8.42 Å². The van der Waals surface area contributed by atoms with Crippen LogP contribution >= 0.6 is 11.6 Å². The monoisotopic (exact) mass is 320 g/mol. The second-order valence-corrected chi connectivity index (χ2v) is 7.17. The number of benzene rings is 1. The fourth-order valence-corrected chi connectivity index (χ4v) is 2.42. The number of ether oxygens (including phenoxy) is 1. The van der Waals surface area contributed by atoms with E-state index in [4.69, 9.17) is 16.3 Å². The lowest BCUT2D eigenvalue weighted by Gasteiger charge is -2.23. The number of anilines is 2. The average Bonchev–Trinajstić information content (AvgIpc) is 2.30. The Hall–Kier alpha value is -0.980. The first kappa shape index (κ1) is 17.1. The van der Waals surface area contributed by atoms with Crippen LogP contribution in [0.4, 0.5) is 11.4 Å². The van der Waals surface area contributed by atoms with E-state index in [1.54, 1.807) is 25.3 Å². The SMILES string of the molecule is COCC(Nc1cc(NS(C)(=O)=O)ccc1Cl)C(C)C. The van der Waals surface area contributed by atoms with E-state index >= 15 is 0 Å². The number of hydrogen-bond donors (Lipinski definition) is 2. The highest BCUT2D eigenvalue weighted by Gasteiger charge is 2.15. The third kappa shape index (κ3) is 5.56. The smallest absolute Gasteiger partial charge is 0.229 e. The second-order valence-electron chi connectivity index (χ2n) is 5.02. The van der Waals surface area contributed by atoms with Crippen molar-refractivity contribution in [2.45, 2.75) is 19.9 Å². The fourth-order valence-electron chi connectivity index (χ4n) is 1.69. The van der Waals surface area contributed by atoms with Crippen molar-refractivity contribution in [2.24, 2.45) is 5.92 Å². The van der Waals surface area contributed by atoms with Gasteiger partial charge >= 0.3 is 0 Å². The van der Waals surface area contributed by atoms with Crippen LogP contribution in [-0.2, 0) is 14.8 Å². The number of methoxy groups -OCH3 is 1. The lowest BCUT2D eigenvalue weighted by molar-refractivity contribution is 0.171. The van der Waals surface area contributed by atoms with Crippen molar-refractivity contribution in [2.75, 3.05) is 30.0 Å². The lowest BCUT2D eigenvalue weighted by atomic mass is 10.0. The maximum atomic E-state index is 11.2. The van der Waals surface area contributed by atoms with Crippen LogP contribution in [0.25, 0.3) is 0 Å². The van der Waals surface area contributed by atoms with E-state index < -0.39 is 10.0 Å². The molecule has 0 aromatic heterocycles. The average molecular weight is 321 g/mol. The summed E-state index contributed by atoms with van der Waals surface area (Å²) < 4.78 is 30.1. The van der Waals surface area contributed by atoms with E-state index in [9.17, 15) is 8.42 Å². The Bertz CT molecular complexity index is 547. The number of rotatable bonds is 7. The van der Waals surface area contributed by atoms with Crippen molar-refractivity contribution in [3.8, 4) is 0 Å². The minimum Gasteiger partial charge on any atom is -0.383 e. The summed E-state index contributed by atoms with van der Waals surface area (Å²) in [4.78, 5) is 0. The topological polar surface area (TPSA) is 67.4 Å². The molecule has 0 aliphatic carbocycles. The summed E-state index contributed by atoms with van der Waals surface area (Å²) >= 11 is 6.14. The molecule has 1 atom stereocenters. The third-order valence-electron chi connectivity index (χ3n) is 2.76. The zero-order valence-corrected chi connectivity index (χ0v) is 13.7. The quantitative estimate of drug-likeness (QED) is 0.810. The molecule has 0 aliphatic rings. The third-order valence-corrected chi connectivity index (χ3v) is 3.70. The largest absolute Gasteiger partial charge is 0.383 e. The Morgan fingerprint density at radius 2 is 2.00 bits per heavy atom. The first-order valence-electron chi connectivity index (χ1n) is 6.25. The van der Waals surface area contributed by atoms with Gasteiger partial charge in [0.15, 0.2) is 0 Å². The highest BCUT2D eigenvalue weighted by atomic mass is 35.5. The number of halogens is 1. The molecule has 1 rings (SSSR count). The summed E-state index contributed by atoms with van der Waals surface area (Å²) in [5, 5.41) is 3.82. The molecule has 7 heteroatoms.